The zero-order valence-corrected chi connectivity index (χ0v) is 22.0. The van der Waals surface area contributed by atoms with Crippen LogP contribution in [0.3, 0.4) is 0 Å². The van der Waals surface area contributed by atoms with Crippen molar-refractivity contribution < 1.29 is 0 Å². The number of thiol groups is 2. The topological polar surface area (TPSA) is 0 Å². The smallest absolute Gasteiger partial charge is 0.0600 e. The summed E-state index contributed by atoms with van der Waals surface area (Å²) in [6, 6.07) is 13.6. The maximum absolute atomic E-state index is 4.47. The fourth-order valence-corrected chi connectivity index (χ4v) is 13.5. The number of fused-ring (bicyclic) bond motifs is 1. The van der Waals surface area contributed by atoms with Gasteiger partial charge in [-0.05, 0) is 22.9 Å². The van der Waals surface area contributed by atoms with Crippen LogP contribution in [0.1, 0.15) is 0 Å². The van der Waals surface area contributed by atoms with E-state index in [0.717, 1.165) is 22.0 Å². The standard InChI is InChI=1S/C20H24S8/c21-7-13-9-25-19(27-13)11-23-17-5-1-3-15-16(17)4-2-6-18(15)24-12-20-26-10-14(8-22)28-20/h1-6,13-14,19-22H,7-12H2. The summed E-state index contributed by atoms with van der Waals surface area (Å²) >= 11 is 21.4. The molecule has 8 heteroatoms. The van der Waals surface area contributed by atoms with E-state index in [1.165, 1.54) is 43.6 Å². The number of benzene rings is 2. The third kappa shape index (κ3) is 5.84. The van der Waals surface area contributed by atoms with E-state index < -0.39 is 0 Å². The highest BCUT2D eigenvalue weighted by Gasteiger charge is 2.26. The van der Waals surface area contributed by atoms with Crippen molar-refractivity contribution in [1.29, 1.82) is 0 Å². The van der Waals surface area contributed by atoms with Crippen LogP contribution < -0.4 is 0 Å². The van der Waals surface area contributed by atoms with E-state index in [1.54, 1.807) is 0 Å². The quantitative estimate of drug-likeness (QED) is 0.276. The van der Waals surface area contributed by atoms with Gasteiger partial charge in [0.15, 0.2) is 0 Å². The van der Waals surface area contributed by atoms with E-state index in [0.29, 0.717) is 9.16 Å². The molecule has 0 amide bonds. The monoisotopic (exact) mass is 520 g/mol. The molecule has 2 heterocycles. The first-order valence-corrected chi connectivity index (χ1v) is 16.5. The summed E-state index contributed by atoms with van der Waals surface area (Å²) in [5, 5.41) is 4.28. The maximum Gasteiger partial charge on any atom is 0.0600 e. The Labute approximate surface area is 205 Å². The minimum atomic E-state index is 0.700. The van der Waals surface area contributed by atoms with E-state index >= 15 is 0 Å². The zero-order valence-electron chi connectivity index (χ0n) is 15.4. The van der Waals surface area contributed by atoms with Crippen molar-refractivity contribution >= 4 is 107 Å². The number of hydrogen-bond donors (Lipinski definition) is 2. The number of hydrogen-bond acceptors (Lipinski definition) is 8. The van der Waals surface area contributed by atoms with Gasteiger partial charge >= 0.3 is 0 Å². The molecular formula is C20H24S8. The molecule has 152 valence electrons. The molecular weight excluding hydrogens is 497 g/mol. The molecule has 0 radical (unpaired) electrons. The van der Waals surface area contributed by atoms with E-state index in [2.05, 4.69) is 109 Å². The molecule has 0 spiro atoms. The third-order valence-electron chi connectivity index (χ3n) is 4.62. The van der Waals surface area contributed by atoms with Crippen molar-refractivity contribution in [1.82, 2.24) is 0 Å². The molecule has 2 aliphatic heterocycles. The summed E-state index contributed by atoms with van der Waals surface area (Å²) in [4.78, 5) is 2.85. The molecule has 2 aromatic carbocycles. The van der Waals surface area contributed by atoms with Crippen LogP contribution in [0.2, 0.25) is 0 Å². The van der Waals surface area contributed by atoms with Crippen LogP contribution in [0.25, 0.3) is 10.8 Å². The van der Waals surface area contributed by atoms with Gasteiger partial charge in [-0.1, -0.05) is 24.3 Å². The van der Waals surface area contributed by atoms with Crippen LogP contribution >= 0.6 is 95.8 Å². The molecule has 4 atom stereocenters. The normalized spacial score (nSPS) is 27.6. The van der Waals surface area contributed by atoms with Crippen molar-refractivity contribution in [3.05, 3.63) is 36.4 Å². The van der Waals surface area contributed by atoms with Gasteiger partial charge in [0.25, 0.3) is 0 Å². The summed E-state index contributed by atoms with van der Waals surface area (Å²) < 4.78 is 1.40. The number of thioether (sulfide) groups is 6. The van der Waals surface area contributed by atoms with Crippen molar-refractivity contribution in [3.8, 4) is 0 Å². The van der Waals surface area contributed by atoms with Gasteiger partial charge in [-0.2, -0.15) is 25.3 Å². The molecule has 0 nitrogen and oxygen atoms in total. The Bertz CT molecular complexity index is 717. The Hall–Kier alpha value is 1.50. The third-order valence-corrected chi connectivity index (χ3v) is 15.7. The van der Waals surface area contributed by atoms with Crippen LogP contribution in [0.15, 0.2) is 46.2 Å². The van der Waals surface area contributed by atoms with Gasteiger partial charge in [0.05, 0.1) is 9.16 Å². The summed E-state index contributed by atoms with van der Waals surface area (Å²) in [6.45, 7) is 0. The highest BCUT2D eigenvalue weighted by molar-refractivity contribution is 8.22. The van der Waals surface area contributed by atoms with E-state index in [4.69, 9.17) is 0 Å². The van der Waals surface area contributed by atoms with Crippen LogP contribution in [0, 0.1) is 0 Å². The zero-order chi connectivity index (χ0) is 19.3. The fraction of sp³-hybridized carbons (Fsp3) is 0.500. The van der Waals surface area contributed by atoms with Crippen molar-refractivity contribution in [2.24, 2.45) is 0 Å². The molecule has 0 aliphatic carbocycles. The van der Waals surface area contributed by atoms with Crippen molar-refractivity contribution in [3.63, 3.8) is 0 Å². The van der Waals surface area contributed by atoms with Crippen LogP contribution in [0.5, 0.6) is 0 Å². The second-order valence-electron chi connectivity index (χ2n) is 6.64. The van der Waals surface area contributed by atoms with Gasteiger partial charge in [0, 0.05) is 54.8 Å². The lowest BCUT2D eigenvalue weighted by molar-refractivity contribution is 1.17. The first kappa shape index (κ1) is 22.7. The molecule has 0 aromatic heterocycles. The van der Waals surface area contributed by atoms with Gasteiger partial charge in [-0.15, -0.1) is 70.6 Å². The first-order valence-electron chi connectivity index (χ1n) is 9.30. The van der Waals surface area contributed by atoms with Crippen molar-refractivity contribution in [2.45, 2.75) is 29.5 Å². The average Bonchev–Trinajstić information content (AvgIpc) is 3.39. The predicted molar refractivity (Wildman–Crippen MR) is 148 cm³/mol. The lowest BCUT2D eigenvalue weighted by Crippen LogP contribution is -2.03. The number of rotatable bonds is 8. The van der Waals surface area contributed by atoms with Gasteiger partial charge < -0.3 is 0 Å². The van der Waals surface area contributed by atoms with Crippen LogP contribution in [0.4, 0.5) is 0 Å². The second kappa shape index (κ2) is 11.4. The van der Waals surface area contributed by atoms with Gasteiger partial charge in [0.2, 0.25) is 0 Å². The van der Waals surface area contributed by atoms with Gasteiger partial charge in [0.1, 0.15) is 0 Å². The molecule has 2 fully saturated rings. The minimum Gasteiger partial charge on any atom is -0.178 e. The molecule has 4 unspecified atom stereocenters. The molecule has 2 saturated heterocycles. The summed E-state index contributed by atoms with van der Waals surface area (Å²) in [5.41, 5.74) is 0. The highest BCUT2D eigenvalue weighted by atomic mass is 32.2. The van der Waals surface area contributed by atoms with Crippen LogP contribution in [-0.4, -0.2) is 54.2 Å². The Morgan fingerprint density at radius 1 is 0.750 bits per heavy atom. The average molecular weight is 521 g/mol. The summed E-state index contributed by atoms with van der Waals surface area (Å²) in [6.07, 6.45) is 0. The largest absolute Gasteiger partial charge is 0.178 e. The minimum absolute atomic E-state index is 0.700. The molecule has 4 rings (SSSR count). The van der Waals surface area contributed by atoms with E-state index in [-0.39, 0.29) is 0 Å². The Kier molecular flexibility index (Phi) is 9.23. The summed E-state index contributed by atoms with van der Waals surface area (Å²) in [5.74, 6) is 6.86. The maximum atomic E-state index is 4.47. The lowest BCUT2D eigenvalue weighted by atomic mass is 10.1. The predicted octanol–water partition coefficient (Wildman–Crippen LogP) is 7.23. The van der Waals surface area contributed by atoms with Crippen LogP contribution in [-0.2, 0) is 0 Å². The molecule has 2 aromatic rings. The summed E-state index contributed by atoms with van der Waals surface area (Å²) in [7, 11) is 0. The molecule has 0 saturated carbocycles. The SMILES string of the molecule is SCC1CSC(CSc2cccc3c(SCC4SCC(CS)S4)cccc23)S1. The lowest BCUT2D eigenvalue weighted by Gasteiger charge is -2.13. The molecule has 0 bridgehead atoms. The van der Waals surface area contributed by atoms with E-state index in [1.807, 2.05) is 23.5 Å². The van der Waals surface area contributed by atoms with Crippen molar-refractivity contribution in [2.75, 3.05) is 34.5 Å². The molecule has 28 heavy (non-hydrogen) atoms. The second-order valence-corrected chi connectivity index (χ2v) is 15.6. The van der Waals surface area contributed by atoms with Gasteiger partial charge in [-0.25, -0.2) is 0 Å². The van der Waals surface area contributed by atoms with Gasteiger partial charge in [-0.3, -0.25) is 0 Å². The first-order chi connectivity index (χ1) is 13.8. The van der Waals surface area contributed by atoms with E-state index in [9.17, 15) is 0 Å². The molecule has 0 N–H and O–H groups in total. The fourth-order valence-electron chi connectivity index (χ4n) is 3.20. The Morgan fingerprint density at radius 2 is 1.21 bits per heavy atom. The Balaban J connectivity index is 1.41. The Morgan fingerprint density at radius 3 is 1.61 bits per heavy atom. The highest BCUT2D eigenvalue weighted by Crippen LogP contribution is 2.44. The molecule has 2 aliphatic rings.